The molecule has 34 heavy (non-hydrogen) atoms. The van der Waals surface area contributed by atoms with E-state index in [2.05, 4.69) is 32.2 Å². The Bertz CT molecular complexity index is 1140. The number of hydrogen-bond donors (Lipinski definition) is 1. The van der Waals surface area contributed by atoms with Gasteiger partial charge in [0.15, 0.2) is 0 Å². The molecule has 0 saturated carbocycles. The summed E-state index contributed by atoms with van der Waals surface area (Å²) in [6.45, 7) is 6.02. The molecule has 0 bridgehead atoms. The second kappa shape index (κ2) is 10.5. The molecule has 9 heteroatoms. The average molecular weight is 483 g/mol. The second-order valence-corrected chi connectivity index (χ2v) is 9.14. The topological polar surface area (TPSA) is 66.9 Å². The van der Waals surface area contributed by atoms with E-state index in [1.807, 2.05) is 17.5 Å². The number of nitrogens with one attached hydrogen (secondary N) is 1. The first-order valence-corrected chi connectivity index (χ1v) is 12.3. The van der Waals surface area contributed by atoms with Crippen LogP contribution in [0.5, 0.6) is 0 Å². The van der Waals surface area contributed by atoms with Crippen molar-refractivity contribution in [3.63, 3.8) is 0 Å². The van der Waals surface area contributed by atoms with Gasteiger partial charge in [0.25, 0.3) is 0 Å². The third-order valence-electron chi connectivity index (χ3n) is 5.95. The monoisotopic (exact) mass is 482 g/mol. The highest BCUT2D eigenvalue weighted by molar-refractivity contribution is 7.13. The smallest absolute Gasteiger partial charge is 0.230 e. The van der Waals surface area contributed by atoms with E-state index in [1.54, 1.807) is 6.07 Å². The number of carbonyl (C=O) groups excluding carboxylic acids is 1. The molecule has 2 fully saturated rings. The quantitative estimate of drug-likeness (QED) is 0.577. The van der Waals surface area contributed by atoms with Crippen LogP contribution in [0.3, 0.4) is 0 Å². The molecule has 2 aliphatic heterocycles. The van der Waals surface area contributed by atoms with Crippen LogP contribution in [-0.4, -0.2) is 63.5 Å². The van der Waals surface area contributed by atoms with E-state index in [9.17, 15) is 9.18 Å². The fraction of sp³-hybridized carbons (Fsp3) is 0.360. The molecule has 0 spiro atoms. The number of morpholine rings is 2. The van der Waals surface area contributed by atoms with E-state index >= 15 is 0 Å². The minimum absolute atomic E-state index is 0.135. The van der Waals surface area contributed by atoms with Crippen LogP contribution in [0.1, 0.15) is 5.69 Å². The number of rotatable bonds is 6. The van der Waals surface area contributed by atoms with Gasteiger partial charge < -0.3 is 24.6 Å². The van der Waals surface area contributed by atoms with Gasteiger partial charge in [-0.3, -0.25) is 4.79 Å². The molecular weight excluding hydrogens is 455 g/mol. The summed E-state index contributed by atoms with van der Waals surface area (Å²) < 4.78 is 24.6. The highest BCUT2D eigenvalue weighted by Crippen LogP contribution is 2.32. The SMILES string of the molecule is O=C(Cc1csc(-c2cccc(F)c2)n1)Nc1ccc(N2CCOCC2)cc1N1CCOCC1. The number of halogens is 1. The summed E-state index contributed by atoms with van der Waals surface area (Å²) in [6, 6.07) is 12.5. The Labute approximate surface area is 202 Å². The minimum Gasteiger partial charge on any atom is -0.378 e. The number of benzene rings is 2. The zero-order valence-corrected chi connectivity index (χ0v) is 19.7. The Morgan fingerprint density at radius 1 is 1.00 bits per heavy atom. The van der Waals surface area contributed by atoms with Crippen LogP contribution in [0.4, 0.5) is 21.5 Å². The van der Waals surface area contributed by atoms with Crippen molar-refractivity contribution in [2.75, 3.05) is 67.7 Å². The van der Waals surface area contributed by atoms with E-state index in [-0.39, 0.29) is 18.1 Å². The third kappa shape index (κ3) is 5.38. The highest BCUT2D eigenvalue weighted by Gasteiger charge is 2.20. The molecule has 5 rings (SSSR count). The highest BCUT2D eigenvalue weighted by atomic mass is 32.1. The molecule has 0 atom stereocenters. The molecule has 3 aromatic rings. The van der Waals surface area contributed by atoms with E-state index < -0.39 is 0 Å². The van der Waals surface area contributed by atoms with Gasteiger partial charge in [-0.05, 0) is 30.3 Å². The fourth-order valence-electron chi connectivity index (χ4n) is 4.21. The van der Waals surface area contributed by atoms with Crippen LogP contribution < -0.4 is 15.1 Å². The van der Waals surface area contributed by atoms with Crippen LogP contribution >= 0.6 is 11.3 Å². The first-order chi connectivity index (χ1) is 16.7. The summed E-state index contributed by atoms with van der Waals surface area (Å²) in [4.78, 5) is 22.0. The number of hydrogen-bond acceptors (Lipinski definition) is 7. The molecule has 0 radical (unpaired) electrons. The number of anilines is 3. The summed E-state index contributed by atoms with van der Waals surface area (Å²) in [6.07, 6.45) is 0.152. The Balaban J connectivity index is 1.32. The maximum Gasteiger partial charge on any atom is 0.230 e. The van der Waals surface area contributed by atoms with Gasteiger partial charge >= 0.3 is 0 Å². The maximum absolute atomic E-state index is 13.5. The van der Waals surface area contributed by atoms with Crippen molar-refractivity contribution in [3.8, 4) is 10.6 Å². The Morgan fingerprint density at radius 3 is 2.47 bits per heavy atom. The Hall–Kier alpha value is -3.01. The number of thiazole rings is 1. The van der Waals surface area contributed by atoms with Gasteiger partial charge in [0.05, 0.1) is 49.9 Å². The zero-order valence-electron chi connectivity index (χ0n) is 18.8. The summed E-state index contributed by atoms with van der Waals surface area (Å²) in [5.41, 5.74) is 4.29. The lowest BCUT2D eigenvalue weighted by molar-refractivity contribution is -0.115. The lowest BCUT2D eigenvalue weighted by Gasteiger charge is -2.33. The van der Waals surface area contributed by atoms with E-state index in [1.165, 1.54) is 23.5 Å². The molecule has 0 aliphatic carbocycles. The van der Waals surface area contributed by atoms with Crippen LogP contribution in [0.2, 0.25) is 0 Å². The minimum atomic E-state index is -0.303. The van der Waals surface area contributed by atoms with Gasteiger partial charge in [-0.2, -0.15) is 0 Å². The zero-order chi connectivity index (χ0) is 23.3. The summed E-state index contributed by atoms with van der Waals surface area (Å²) in [5.74, 6) is -0.437. The molecule has 7 nitrogen and oxygen atoms in total. The van der Waals surface area contributed by atoms with Crippen molar-refractivity contribution in [2.24, 2.45) is 0 Å². The second-order valence-electron chi connectivity index (χ2n) is 8.28. The predicted octanol–water partition coefficient (Wildman–Crippen LogP) is 3.80. The summed E-state index contributed by atoms with van der Waals surface area (Å²) in [7, 11) is 0. The van der Waals surface area contributed by atoms with Crippen molar-refractivity contribution >= 4 is 34.3 Å². The molecule has 0 unspecified atom stereocenters. The van der Waals surface area contributed by atoms with Crippen molar-refractivity contribution in [3.05, 3.63) is 59.4 Å². The fourth-order valence-corrected chi connectivity index (χ4v) is 5.03. The van der Waals surface area contributed by atoms with Crippen LogP contribution in [-0.2, 0) is 20.7 Å². The van der Waals surface area contributed by atoms with Gasteiger partial charge in [0.2, 0.25) is 5.91 Å². The predicted molar refractivity (Wildman–Crippen MR) is 132 cm³/mol. The van der Waals surface area contributed by atoms with E-state index in [0.29, 0.717) is 29.5 Å². The summed E-state index contributed by atoms with van der Waals surface area (Å²) >= 11 is 1.41. The lowest BCUT2D eigenvalue weighted by Crippen LogP contribution is -2.38. The van der Waals surface area contributed by atoms with Gasteiger partial charge in [-0.1, -0.05) is 12.1 Å². The summed E-state index contributed by atoms with van der Waals surface area (Å²) in [5, 5.41) is 5.64. The number of amides is 1. The molecule has 1 amide bonds. The average Bonchev–Trinajstić information content (AvgIpc) is 3.34. The van der Waals surface area contributed by atoms with Gasteiger partial charge in [0, 0.05) is 42.8 Å². The Morgan fingerprint density at radius 2 is 1.74 bits per heavy atom. The van der Waals surface area contributed by atoms with Gasteiger partial charge in [-0.25, -0.2) is 9.37 Å². The first-order valence-electron chi connectivity index (χ1n) is 11.5. The van der Waals surface area contributed by atoms with Crippen LogP contribution in [0.15, 0.2) is 47.8 Å². The first kappa shape index (κ1) is 22.8. The third-order valence-corrected chi connectivity index (χ3v) is 6.89. The van der Waals surface area contributed by atoms with E-state index in [4.69, 9.17) is 9.47 Å². The van der Waals surface area contributed by atoms with Crippen molar-refractivity contribution < 1.29 is 18.7 Å². The number of ether oxygens (including phenoxy) is 2. The standard InChI is InChI=1S/C25H27FN4O3S/c26-19-3-1-2-18(14-19)25-27-20(17-34-25)15-24(31)28-22-5-4-21(29-6-10-32-11-7-29)16-23(22)30-8-12-33-13-9-30/h1-5,14,16-17H,6-13,15H2,(H,28,31). The van der Waals surface area contributed by atoms with Crippen molar-refractivity contribution in [1.29, 1.82) is 0 Å². The lowest BCUT2D eigenvalue weighted by atomic mass is 10.1. The molecule has 3 heterocycles. The molecule has 2 saturated heterocycles. The molecular formula is C25H27FN4O3S. The van der Waals surface area contributed by atoms with E-state index in [0.717, 1.165) is 56.5 Å². The molecule has 2 aliphatic rings. The van der Waals surface area contributed by atoms with Crippen molar-refractivity contribution in [1.82, 2.24) is 4.98 Å². The molecule has 178 valence electrons. The van der Waals surface area contributed by atoms with Gasteiger partial charge in [-0.15, -0.1) is 11.3 Å². The normalized spacial score (nSPS) is 16.5. The number of nitrogens with zero attached hydrogens (tertiary/aromatic N) is 3. The maximum atomic E-state index is 13.5. The Kier molecular flexibility index (Phi) is 7.03. The molecule has 1 N–H and O–H groups in total. The van der Waals surface area contributed by atoms with Gasteiger partial charge in [0.1, 0.15) is 10.8 Å². The number of aromatic nitrogens is 1. The number of carbonyl (C=O) groups is 1. The van der Waals surface area contributed by atoms with Crippen LogP contribution in [0, 0.1) is 5.82 Å². The van der Waals surface area contributed by atoms with Crippen LogP contribution in [0.25, 0.3) is 10.6 Å². The largest absolute Gasteiger partial charge is 0.378 e. The molecule has 1 aromatic heterocycles. The van der Waals surface area contributed by atoms with Crippen molar-refractivity contribution in [2.45, 2.75) is 6.42 Å². The molecule has 2 aromatic carbocycles.